The number of carbonyl (C=O) groups is 1. The van der Waals surface area contributed by atoms with Gasteiger partial charge in [-0.2, -0.15) is 0 Å². The number of ether oxygens (including phenoxy) is 2. The molecule has 0 bridgehead atoms. The second kappa shape index (κ2) is 8.84. The van der Waals surface area contributed by atoms with Crippen molar-refractivity contribution in [3.8, 4) is 5.88 Å². The van der Waals surface area contributed by atoms with Crippen LogP contribution in [0.4, 0.5) is 16.3 Å². The van der Waals surface area contributed by atoms with Gasteiger partial charge in [-0.15, -0.1) is 0 Å². The van der Waals surface area contributed by atoms with Crippen molar-refractivity contribution in [1.29, 1.82) is 0 Å². The van der Waals surface area contributed by atoms with Crippen LogP contribution in [-0.2, 0) is 4.74 Å². The van der Waals surface area contributed by atoms with Crippen LogP contribution in [0.1, 0.15) is 0 Å². The summed E-state index contributed by atoms with van der Waals surface area (Å²) in [6, 6.07) is 10.8. The van der Waals surface area contributed by atoms with Crippen LogP contribution in [0.2, 0.25) is 0 Å². The molecule has 3 rings (SSSR count). The van der Waals surface area contributed by atoms with Gasteiger partial charge in [-0.05, 0) is 12.1 Å². The molecule has 0 saturated carbocycles. The fourth-order valence-electron chi connectivity index (χ4n) is 2.39. The van der Waals surface area contributed by atoms with Gasteiger partial charge in [0.15, 0.2) is 0 Å². The minimum absolute atomic E-state index is 0.272. The summed E-state index contributed by atoms with van der Waals surface area (Å²) in [7, 11) is 0. The minimum Gasteiger partial charge on any atom is -0.476 e. The van der Waals surface area contributed by atoms with Gasteiger partial charge in [-0.1, -0.05) is 18.2 Å². The van der Waals surface area contributed by atoms with E-state index in [0.29, 0.717) is 32.2 Å². The molecule has 1 aliphatic rings. The van der Waals surface area contributed by atoms with E-state index in [1.807, 2.05) is 30.3 Å². The number of nitrogens with zero attached hydrogens (tertiary/aromatic N) is 3. The monoisotopic (exact) mass is 343 g/mol. The highest BCUT2D eigenvalue weighted by molar-refractivity contribution is 5.89. The zero-order chi connectivity index (χ0) is 17.3. The molecule has 0 aliphatic carbocycles. The van der Waals surface area contributed by atoms with Crippen molar-refractivity contribution in [1.82, 2.24) is 15.3 Å². The number of amides is 2. The third-order valence-corrected chi connectivity index (χ3v) is 3.63. The summed E-state index contributed by atoms with van der Waals surface area (Å²) in [5.41, 5.74) is 0.742. The summed E-state index contributed by atoms with van der Waals surface area (Å²) in [4.78, 5) is 22.3. The zero-order valence-corrected chi connectivity index (χ0v) is 13.9. The van der Waals surface area contributed by atoms with E-state index in [-0.39, 0.29) is 6.03 Å². The number of urea groups is 1. The van der Waals surface area contributed by atoms with Crippen molar-refractivity contribution in [3.05, 3.63) is 42.7 Å². The second-order valence-corrected chi connectivity index (χ2v) is 5.41. The van der Waals surface area contributed by atoms with Gasteiger partial charge in [0.2, 0.25) is 5.88 Å². The predicted octanol–water partition coefficient (Wildman–Crippen LogP) is 1.51. The van der Waals surface area contributed by atoms with Crippen molar-refractivity contribution < 1.29 is 14.3 Å². The molecule has 1 fully saturated rings. The van der Waals surface area contributed by atoms with Crippen LogP contribution >= 0.6 is 0 Å². The first kappa shape index (κ1) is 17.0. The molecule has 2 aromatic rings. The number of rotatable bonds is 6. The Morgan fingerprint density at radius 3 is 2.80 bits per heavy atom. The highest BCUT2D eigenvalue weighted by Gasteiger charge is 2.13. The predicted molar refractivity (Wildman–Crippen MR) is 94.0 cm³/mol. The smallest absolute Gasteiger partial charge is 0.319 e. The molecular weight excluding hydrogens is 322 g/mol. The summed E-state index contributed by atoms with van der Waals surface area (Å²) < 4.78 is 10.9. The summed E-state index contributed by atoms with van der Waals surface area (Å²) >= 11 is 0. The van der Waals surface area contributed by atoms with E-state index in [1.54, 1.807) is 6.07 Å². The Labute approximate surface area is 146 Å². The molecule has 2 heterocycles. The molecule has 0 radical (unpaired) electrons. The number of hydrogen-bond donors (Lipinski definition) is 2. The molecule has 8 heteroatoms. The van der Waals surface area contributed by atoms with Crippen LogP contribution in [-0.4, -0.2) is 55.5 Å². The Balaban J connectivity index is 1.40. The Bertz CT molecular complexity index is 677. The molecule has 0 atom stereocenters. The van der Waals surface area contributed by atoms with Crippen LogP contribution in [0.3, 0.4) is 0 Å². The number of anilines is 2. The number of morpholine rings is 1. The Hall–Kier alpha value is -2.87. The third kappa shape index (κ3) is 5.32. The van der Waals surface area contributed by atoms with Gasteiger partial charge in [-0.3, -0.25) is 0 Å². The Morgan fingerprint density at radius 1 is 1.20 bits per heavy atom. The average Bonchev–Trinajstić information content (AvgIpc) is 2.67. The maximum atomic E-state index is 11.8. The Kier molecular flexibility index (Phi) is 6.00. The van der Waals surface area contributed by atoms with E-state index in [4.69, 9.17) is 9.47 Å². The van der Waals surface area contributed by atoms with Crippen LogP contribution in [0, 0.1) is 0 Å². The van der Waals surface area contributed by atoms with Crippen molar-refractivity contribution in [3.63, 3.8) is 0 Å². The number of hydrogen-bond acceptors (Lipinski definition) is 6. The van der Waals surface area contributed by atoms with Crippen LogP contribution in [0.25, 0.3) is 0 Å². The lowest BCUT2D eigenvalue weighted by molar-refractivity contribution is 0.122. The van der Waals surface area contributed by atoms with Gasteiger partial charge in [-0.25, -0.2) is 14.8 Å². The van der Waals surface area contributed by atoms with Crippen molar-refractivity contribution in [2.75, 3.05) is 49.7 Å². The molecule has 1 saturated heterocycles. The maximum absolute atomic E-state index is 11.8. The number of para-hydroxylation sites is 1. The van der Waals surface area contributed by atoms with Crippen LogP contribution < -0.4 is 20.3 Å². The highest BCUT2D eigenvalue weighted by atomic mass is 16.5. The fourth-order valence-corrected chi connectivity index (χ4v) is 2.39. The first-order valence-corrected chi connectivity index (χ1v) is 8.19. The molecule has 1 aromatic carbocycles. The summed E-state index contributed by atoms with van der Waals surface area (Å²) in [5.74, 6) is 1.31. The fraction of sp³-hybridized carbons (Fsp3) is 0.353. The molecule has 0 unspecified atom stereocenters. The molecule has 8 nitrogen and oxygen atoms in total. The number of carbonyl (C=O) groups excluding carboxylic acids is 1. The Morgan fingerprint density at radius 2 is 2.00 bits per heavy atom. The van der Waals surface area contributed by atoms with Gasteiger partial charge < -0.3 is 25.0 Å². The average molecular weight is 343 g/mol. The van der Waals surface area contributed by atoms with Gasteiger partial charge in [0.05, 0.1) is 19.8 Å². The lowest BCUT2D eigenvalue weighted by atomic mass is 10.3. The number of aromatic nitrogens is 2. The lowest BCUT2D eigenvalue weighted by Gasteiger charge is -2.27. The van der Waals surface area contributed by atoms with E-state index in [2.05, 4.69) is 25.5 Å². The molecule has 2 N–H and O–H groups in total. The largest absolute Gasteiger partial charge is 0.476 e. The van der Waals surface area contributed by atoms with Gasteiger partial charge in [0.1, 0.15) is 18.8 Å². The first-order chi connectivity index (χ1) is 12.3. The zero-order valence-electron chi connectivity index (χ0n) is 13.9. The summed E-state index contributed by atoms with van der Waals surface area (Å²) in [6.45, 7) is 3.69. The molecule has 132 valence electrons. The van der Waals surface area contributed by atoms with Crippen molar-refractivity contribution >= 4 is 17.5 Å². The van der Waals surface area contributed by atoms with E-state index >= 15 is 0 Å². The molecular formula is C17H21N5O3. The molecule has 1 aromatic heterocycles. The van der Waals surface area contributed by atoms with E-state index in [1.165, 1.54) is 6.33 Å². The highest BCUT2D eigenvalue weighted by Crippen LogP contribution is 2.16. The first-order valence-electron chi connectivity index (χ1n) is 8.19. The SMILES string of the molecule is O=C(NCCOc1cc(N2CCOCC2)ncn1)Nc1ccccc1. The number of nitrogens with one attached hydrogen (secondary N) is 2. The van der Waals surface area contributed by atoms with Gasteiger partial charge >= 0.3 is 6.03 Å². The lowest BCUT2D eigenvalue weighted by Crippen LogP contribution is -2.36. The number of benzene rings is 1. The summed E-state index contributed by atoms with van der Waals surface area (Å²) in [5, 5.41) is 5.48. The molecule has 1 aliphatic heterocycles. The van der Waals surface area contributed by atoms with Crippen LogP contribution in [0.15, 0.2) is 42.7 Å². The van der Waals surface area contributed by atoms with Gasteiger partial charge in [0.25, 0.3) is 0 Å². The molecule has 0 spiro atoms. The quantitative estimate of drug-likeness (QED) is 0.773. The van der Waals surface area contributed by atoms with E-state index in [9.17, 15) is 4.79 Å². The minimum atomic E-state index is -0.272. The normalized spacial score (nSPS) is 14.0. The van der Waals surface area contributed by atoms with Crippen LogP contribution in [0.5, 0.6) is 5.88 Å². The topological polar surface area (TPSA) is 88.6 Å². The van der Waals surface area contributed by atoms with E-state index in [0.717, 1.165) is 24.6 Å². The van der Waals surface area contributed by atoms with Crippen molar-refractivity contribution in [2.45, 2.75) is 0 Å². The third-order valence-electron chi connectivity index (χ3n) is 3.63. The standard InChI is InChI=1S/C17H21N5O3/c23-17(21-14-4-2-1-3-5-14)18-6-9-25-16-12-15(19-13-20-16)22-7-10-24-11-8-22/h1-5,12-13H,6-11H2,(H2,18,21,23). The van der Waals surface area contributed by atoms with Crippen molar-refractivity contribution in [2.24, 2.45) is 0 Å². The summed E-state index contributed by atoms with van der Waals surface area (Å²) in [6.07, 6.45) is 1.48. The maximum Gasteiger partial charge on any atom is 0.319 e. The van der Waals surface area contributed by atoms with E-state index < -0.39 is 0 Å². The second-order valence-electron chi connectivity index (χ2n) is 5.41. The molecule has 25 heavy (non-hydrogen) atoms. The van der Waals surface area contributed by atoms with Gasteiger partial charge in [0, 0.05) is 24.8 Å². The molecule has 2 amide bonds.